The molecule has 3 heteroatoms. The topological polar surface area (TPSA) is 33.2 Å². The molecule has 0 N–H and O–H groups in total. The van der Waals surface area contributed by atoms with Crippen molar-refractivity contribution in [3.8, 4) is 0 Å². The first kappa shape index (κ1) is 13.6. The summed E-state index contributed by atoms with van der Waals surface area (Å²) < 4.78 is 0. The molecule has 0 spiro atoms. The van der Waals surface area contributed by atoms with E-state index in [9.17, 15) is 4.79 Å². The molecule has 1 aliphatic heterocycles. The van der Waals surface area contributed by atoms with E-state index >= 15 is 0 Å². The molecule has 3 rings (SSSR count). The quantitative estimate of drug-likeness (QED) is 0.847. The van der Waals surface area contributed by atoms with E-state index in [0.29, 0.717) is 6.42 Å². The van der Waals surface area contributed by atoms with Crippen molar-refractivity contribution in [1.29, 1.82) is 0 Å². The highest BCUT2D eigenvalue weighted by Crippen LogP contribution is 2.35. The highest BCUT2D eigenvalue weighted by atomic mass is 16.2. The zero-order chi connectivity index (χ0) is 13.8. The number of hydrogen-bond acceptors (Lipinski definition) is 2. The third-order valence-electron chi connectivity index (χ3n) is 4.95. The molecule has 20 heavy (non-hydrogen) atoms. The minimum absolute atomic E-state index is 0.252. The number of amides is 1. The van der Waals surface area contributed by atoms with E-state index in [0.717, 1.165) is 30.6 Å². The zero-order valence-corrected chi connectivity index (χ0v) is 12.1. The Hall–Kier alpha value is -1.38. The number of likely N-dealkylation sites (tertiary alicyclic amines) is 1. The van der Waals surface area contributed by atoms with E-state index in [1.165, 1.54) is 38.5 Å². The van der Waals surface area contributed by atoms with Crippen molar-refractivity contribution in [2.24, 2.45) is 11.8 Å². The normalized spacial score (nSPS) is 24.0. The molecule has 3 nitrogen and oxygen atoms in total. The minimum atomic E-state index is 0.252. The highest BCUT2D eigenvalue weighted by molar-refractivity contribution is 5.78. The number of carbonyl (C=O) groups excluding carboxylic acids is 1. The first-order valence-electron chi connectivity index (χ1n) is 8.00. The van der Waals surface area contributed by atoms with E-state index in [-0.39, 0.29) is 5.91 Å². The number of nitrogens with zero attached hydrogens (tertiary/aromatic N) is 2. The SMILES string of the molecule is O=C(Cc1ccccn1)N1CC[C@@H](C2CCCCC2)C1. The maximum absolute atomic E-state index is 12.3. The van der Waals surface area contributed by atoms with E-state index in [1.807, 2.05) is 18.2 Å². The fourth-order valence-electron chi connectivity index (χ4n) is 3.77. The average molecular weight is 272 g/mol. The van der Waals surface area contributed by atoms with Crippen LogP contribution in [0.5, 0.6) is 0 Å². The molecule has 1 atom stereocenters. The Balaban J connectivity index is 1.52. The summed E-state index contributed by atoms with van der Waals surface area (Å²) in [6.07, 6.45) is 10.4. The Labute approximate surface area is 121 Å². The van der Waals surface area contributed by atoms with E-state index in [4.69, 9.17) is 0 Å². The molecule has 1 saturated carbocycles. The number of hydrogen-bond donors (Lipinski definition) is 0. The van der Waals surface area contributed by atoms with Gasteiger partial charge in [0.05, 0.1) is 6.42 Å². The number of pyridine rings is 1. The Kier molecular flexibility index (Phi) is 4.34. The molecule has 2 aliphatic rings. The molecular formula is C17H24N2O. The van der Waals surface area contributed by atoms with Crippen molar-refractivity contribution in [3.63, 3.8) is 0 Å². The Morgan fingerprint density at radius 1 is 1.15 bits per heavy atom. The van der Waals surface area contributed by atoms with Crippen molar-refractivity contribution in [2.45, 2.75) is 44.9 Å². The predicted molar refractivity (Wildman–Crippen MR) is 79.2 cm³/mol. The molecule has 1 amide bonds. The highest BCUT2D eigenvalue weighted by Gasteiger charge is 2.32. The van der Waals surface area contributed by atoms with Gasteiger partial charge in [-0.05, 0) is 30.4 Å². The molecule has 1 aromatic rings. The van der Waals surface area contributed by atoms with Crippen LogP contribution in [0, 0.1) is 11.8 Å². The summed E-state index contributed by atoms with van der Waals surface area (Å²) in [4.78, 5) is 18.6. The molecule has 2 fully saturated rings. The molecule has 0 radical (unpaired) electrons. The van der Waals surface area contributed by atoms with Crippen molar-refractivity contribution in [2.75, 3.05) is 13.1 Å². The Morgan fingerprint density at radius 3 is 2.75 bits per heavy atom. The predicted octanol–water partition coefficient (Wildman–Crippen LogP) is 3.05. The minimum Gasteiger partial charge on any atom is -0.342 e. The molecule has 1 aliphatic carbocycles. The van der Waals surface area contributed by atoms with Crippen molar-refractivity contribution in [3.05, 3.63) is 30.1 Å². The van der Waals surface area contributed by atoms with Gasteiger partial charge in [0.2, 0.25) is 5.91 Å². The van der Waals surface area contributed by atoms with Crippen LogP contribution in [0.1, 0.15) is 44.2 Å². The van der Waals surface area contributed by atoms with Crippen molar-refractivity contribution >= 4 is 5.91 Å². The molecule has 1 aromatic heterocycles. The van der Waals surface area contributed by atoms with Crippen LogP contribution < -0.4 is 0 Å². The Bertz CT molecular complexity index is 440. The van der Waals surface area contributed by atoms with Gasteiger partial charge in [-0.15, -0.1) is 0 Å². The lowest BCUT2D eigenvalue weighted by Crippen LogP contribution is -2.31. The van der Waals surface area contributed by atoms with Crippen LogP contribution in [0.25, 0.3) is 0 Å². The third kappa shape index (κ3) is 3.20. The second-order valence-corrected chi connectivity index (χ2v) is 6.28. The number of aromatic nitrogens is 1. The van der Waals surface area contributed by atoms with Crippen molar-refractivity contribution < 1.29 is 4.79 Å². The second kappa shape index (κ2) is 6.38. The van der Waals surface area contributed by atoms with Gasteiger partial charge in [0.15, 0.2) is 0 Å². The lowest BCUT2D eigenvalue weighted by molar-refractivity contribution is -0.129. The fourth-order valence-corrected chi connectivity index (χ4v) is 3.77. The van der Waals surface area contributed by atoms with Crippen molar-refractivity contribution in [1.82, 2.24) is 9.88 Å². The Morgan fingerprint density at radius 2 is 2.00 bits per heavy atom. The maximum atomic E-state index is 12.3. The van der Waals surface area contributed by atoms with Crippen LogP contribution in [-0.4, -0.2) is 28.9 Å². The molecule has 108 valence electrons. The van der Waals surface area contributed by atoms with Crippen LogP contribution in [0.2, 0.25) is 0 Å². The average Bonchev–Trinajstić information content (AvgIpc) is 2.99. The van der Waals surface area contributed by atoms with Crippen LogP contribution in [0.15, 0.2) is 24.4 Å². The third-order valence-corrected chi connectivity index (χ3v) is 4.95. The van der Waals surface area contributed by atoms with Gasteiger partial charge in [-0.2, -0.15) is 0 Å². The van der Waals surface area contributed by atoms with Gasteiger partial charge in [0, 0.05) is 25.0 Å². The van der Waals surface area contributed by atoms with Gasteiger partial charge >= 0.3 is 0 Å². The summed E-state index contributed by atoms with van der Waals surface area (Å²) in [7, 11) is 0. The zero-order valence-electron chi connectivity index (χ0n) is 12.1. The van der Waals surface area contributed by atoms with E-state index < -0.39 is 0 Å². The summed E-state index contributed by atoms with van der Waals surface area (Å²) in [5, 5.41) is 0. The summed E-state index contributed by atoms with van der Waals surface area (Å²) in [6, 6.07) is 5.78. The standard InChI is InChI=1S/C17H24N2O/c20-17(12-16-8-4-5-10-18-16)19-11-9-15(13-19)14-6-2-1-3-7-14/h4-5,8,10,14-15H,1-3,6-7,9,11-13H2/t15-/m1/s1. The lowest BCUT2D eigenvalue weighted by Gasteiger charge is -2.27. The smallest absolute Gasteiger partial charge is 0.228 e. The molecule has 0 unspecified atom stereocenters. The van der Waals surface area contributed by atoms with E-state index in [2.05, 4.69) is 9.88 Å². The first-order valence-corrected chi connectivity index (χ1v) is 8.00. The second-order valence-electron chi connectivity index (χ2n) is 6.28. The number of rotatable bonds is 3. The van der Waals surface area contributed by atoms with Crippen LogP contribution in [-0.2, 0) is 11.2 Å². The van der Waals surface area contributed by atoms with Gasteiger partial charge in [-0.3, -0.25) is 9.78 Å². The molecule has 2 heterocycles. The summed E-state index contributed by atoms with van der Waals surface area (Å²) in [6.45, 7) is 1.93. The summed E-state index contributed by atoms with van der Waals surface area (Å²) >= 11 is 0. The summed E-state index contributed by atoms with van der Waals surface area (Å²) in [5.74, 6) is 1.88. The van der Waals surface area contributed by atoms with E-state index in [1.54, 1.807) is 6.20 Å². The number of carbonyl (C=O) groups is 1. The van der Waals surface area contributed by atoms with Gasteiger partial charge in [0.25, 0.3) is 0 Å². The van der Waals surface area contributed by atoms with Gasteiger partial charge in [-0.25, -0.2) is 0 Å². The van der Waals surface area contributed by atoms with Gasteiger partial charge < -0.3 is 4.90 Å². The largest absolute Gasteiger partial charge is 0.342 e. The molecule has 0 bridgehead atoms. The molecular weight excluding hydrogens is 248 g/mol. The van der Waals surface area contributed by atoms with Crippen LogP contribution in [0.4, 0.5) is 0 Å². The molecule has 0 aromatic carbocycles. The first-order chi connectivity index (χ1) is 9.83. The monoisotopic (exact) mass is 272 g/mol. The molecule has 1 saturated heterocycles. The maximum Gasteiger partial charge on any atom is 0.228 e. The van der Waals surface area contributed by atoms with Gasteiger partial charge in [0.1, 0.15) is 0 Å². The van der Waals surface area contributed by atoms with Crippen LogP contribution >= 0.6 is 0 Å². The summed E-state index contributed by atoms with van der Waals surface area (Å²) in [5.41, 5.74) is 0.888. The lowest BCUT2D eigenvalue weighted by atomic mass is 9.80. The van der Waals surface area contributed by atoms with Gasteiger partial charge in [-0.1, -0.05) is 38.2 Å². The fraction of sp³-hybridized carbons (Fsp3) is 0.647. The van der Waals surface area contributed by atoms with Crippen LogP contribution in [0.3, 0.4) is 0 Å².